The normalized spacial score (nSPS) is 16.6. The first-order valence-corrected chi connectivity index (χ1v) is 11.1. The van der Waals surface area contributed by atoms with E-state index in [-0.39, 0.29) is 11.1 Å². The fourth-order valence-corrected chi connectivity index (χ4v) is 5.70. The predicted octanol–water partition coefficient (Wildman–Crippen LogP) is 3.44. The summed E-state index contributed by atoms with van der Waals surface area (Å²) >= 11 is 3.04. The van der Waals surface area contributed by atoms with Crippen LogP contribution in [0.4, 0.5) is 0 Å². The predicted molar refractivity (Wildman–Crippen MR) is 110 cm³/mol. The lowest BCUT2D eigenvalue weighted by Crippen LogP contribution is -2.14. The minimum absolute atomic E-state index is 0.0520. The van der Waals surface area contributed by atoms with Crippen LogP contribution in [-0.2, 0) is 25.0 Å². The van der Waals surface area contributed by atoms with Crippen LogP contribution in [0.25, 0.3) is 10.2 Å². The molecule has 0 radical (unpaired) electrons. The Morgan fingerprint density at radius 1 is 1.30 bits per heavy atom. The van der Waals surface area contributed by atoms with E-state index < -0.39 is 0 Å². The summed E-state index contributed by atoms with van der Waals surface area (Å²) in [6.45, 7) is 4.31. The first-order valence-electron chi connectivity index (χ1n) is 9.30. The number of nitrogens with zero attached hydrogens (tertiary/aromatic N) is 2. The highest BCUT2D eigenvalue weighted by atomic mass is 32.2. The number of hydrogen-bond acceptors (Lipinski definition) is 6. The average molecular weight is 403 g/mol. The summed E-state index contributed by atoms with van der Waals surface area (Å²) in [4.78, 5) is 41.4. The van der Waals surface area contributed by atoms with Crippen LogP contribution in [0.1, 0.15) is 48.6 Å². The number of nitrogens with one attached hydrogen (secondary N) is 2. The van der Waals surface area contributed by atoms with Crippen LogP contribution < -0.4 is 11.1 Å². The van der Waals surface area contributed by atoms with Gasteiger partial charge in [-0.05, 0) is 37.2 Å². The van der Waals surface area contributed by atoms with Crippen LogP contribution in [0.3, 0.4) is 0 Å². The van der Waals surface area contributed by atoms with Crippen molar-refractivity contribution in [1.82, 2.24) is 19.9 Å². The number of rotatable bonds is 5. The van der Waals surface area contributed by atoms with E-state index >= 15 is 0 Å². The van der Waals surface area contributed by atoms with Gasteiger partial charge in [0, 0.05) is 16.6 Å². The Morgan fingerprint density at radius 3 is 2.96 bits per heavy atom. The van der Waals surface area contributed by atoms with Crippen molar-refractivity contribution in [3.8, 4) is 0 Å². The molecule has 2 N–H and O–H groups in total. The maximum atomic E-state index is 12.6. The number of thioether (sulfide) groups is 1. The molecular formula is C19H22N4O2S2. The lowest BCUT2D eigenvalue weighted by molar-refractivity contribution is 0.509. The van der Waals surface area contributed by atoms with Crippen molar-refractivity contribution in [2.24, 2.45) is 5.92 Å². The SMILES string of the molecule is CCCc1cc(=O)[nH]c(SCc2nc3sc4c(c3c(=O)[nH]2)CC[C@H](C)C4)n1. The molecule has 0 saturated carbocycles. The molecule has 8 heteroatoms. The summed E-state index contributed by atoms with van der Waals surface area (Å²) in [6.07, 6.45) is 4.84. The molecular weight excluding hydrogens is 380 g/mol. The first kappa shape index (κ1) is 18.4. The summed E-state index contributed by atoms with van der Waals surface area (Å²) in [5, 5.41) is 1.33. The van der Waals surface area contributed by atoms with Crippen molar-refractivity contribution in [3.63, 3.8) is 0 Å². The molecule has 3 aromatic heterocycles. The molecule has 142 valence electrons. The minimum Gasteiger partial charge on any atom is -0.309 e. The van der Waals surface area contributed by atoms with Crippen molar-refractivity contribution in [3.05, 3.63) is 48.7 Å². The highest BCUT2D eigenvalue weighted by Crippen LogP contribution is 2.35. The number of thiophene rings is 1. The molecule has 3 heterocycles. The van der Waals surface area contributed by atoms with Crippen LogP contribution in [0, 0.1) is 5.92 Å². The Bertz CT molecular complexity index is 1100. The highest BCUT2D eigenvalue weighted by Gasteiger charge is 2.23. The minimum atomic E-state index is -0.145. The van der Waals surface area contributed by atoms with Gasteiger partial charge in [0.25, 0.3) is 11.1 Å². The van der Waals surface area contributed by atoms with E-state index in [2.05, 4.69) is 33.8 Å². The van der Waals surface area contributed by atoms with E-state index in [0.717, 1.165) is 48.0 Å². The van der Waals surface area contributed by atoms with Gasteiger partial charge in [-0.15, -0.1) is 11.3 Å². The van der Waals surface area contributed by atoms with Crippen LogP contribution >= 0.6 is 23.1 Å². The monoisotopic (exact) mass is 402 g/mol. The van der Waals surface area contributed by atoms with E-state index in [9.17, 15) is 9.59 Å². The van der Waals surface area contributed by atoms with E-state index in [1.54, 1.807) is 11.3 Å². The fourth-order valence-electron chi connectivity index (χ4n) is 3.53. The number of hydrogen-bond donors (Lipinski definition) is 2. The average Bonchev–Trinajstić information content (AvgIpc) is 2.97. The molecule has 0 unspecified atom stereocenters. The van der Waals surface area contributed by atoms with Crippen LogP contribution in [0.5, 0.6) is 0 Å². The van der Waals surface area contributed by atoms with Gasteiger partial charge in [0.15, 0.2) is 5.16 Å². The van der Waals surface area contributed by atoms with Gasteiger partial charge in [0.05, 0.1) is 11.1 Å². The molecule has 6 nitrogen and oxygen atoms in total. The van der Waals surface area contributed by atoms with E-state index in [1.807, 2.05) is 0 Å². The Labute approximate surface area is 164 Å². The molecule has 1 aliphatic carbocycles. The standard InChI is InChI=1S/C19H22N4O2S2/c1-3-4-11-8-15(24)23-19(20-11)26-9-14-21-17(25)16-12-6-5-10(2)7-13(12)27-18(16)22-14/h8,10H,3-7,9H2,1-2H3,(H,20,23,24)(H,21,22,25)/t10-/m0/s1. The largest absolute Gasteiger partial charge is 0.309 e. The summed E-state index contributed by atoms with van der Waals surface area (Å²) < 4.78 is 0. The van der Waals surface area contributed by atoms with Gasteiger partial charge >= 0.3 is 0 Å². The smallest absolute Gasteiger partial charge is 0.259 e. The third kappa shape index (κ3) is 3.87. The molecule has 0 saturated heterocycles. The fraction of sp³-hybridized carbons (Fsp3) is 0.474. The number of aromatic amines is 2. The molecule has 27 heavy (non-hydrogen) atoms. The van der Waals surface area contributed by atoms with Gasteiger partial charge in [-0.25, -0.2) is 9.97 Å². The number of H-pyrrole nitrogens is 2. The second kappa shape index (κ2) is 7.59. The second-order valence-corrected chi connectivity index (χ2v) is 9.17. The first-order chi connectivity index (χ1) is 13.0. The molecule has 1 aliphatic rings. The third-order valence-electron chi connectivity index (χ3n) is 4.84. The lowest BCUT2D eigenvalue weighted by atomic mass is 9.89. The zero-order valence-corrected chi connectivity index (χ0v) is 17.1. The molecule has 0 fully saturated rings. The third-order valence-corrected chi connectivity index (χ3v) is 6.87. The van der Waals surface area contributed by atoms with Crippen LogP contribution in [-0.4, -0.2) is 19.9 Å². The Kier molecular flexibility index (Phi) is 5.19. The van der Waals surface area contributed by atoms with Gasteiger partial charge in [-0.1, -0.05) is 32.0 Å². The van der Waals surface area contributed by atoms with Gasteiger partial charge < -0.3 is 9.97 Å². The van der Waals surface area contributed by atoms with Gasteiger partial charge in [-0.2, -0.15) is 0 Å². The van der Waals surface area contributed by atoms with Crippen LogP contribution in [0.2, 0.25) is 0 Å². The number of aromatic nitrogens is 4. The number of aryl methyl sites for hydroxylation is 2. The Balaban J connectivity index is 1.60. The van der Waals surface area contributed by atoms with E-state index in [4.69, 9.17) is 0 Å². The summed E-state index contributed by atoms with van der Waals surface area (Å²) in [5.41, 5.74) is 1.79. The van der Waals surface area contributed by atoms with Gasteiger partial charge in [0.1, 0.15) is 10.7 Å². The van der Waals surface area contributed by atoms with E-state index in [1.165, 1.54) is 28.3 Å². The number of fused-ring (bicyclic) bond motifs is 3. The Morgan fingerprint density at radius 2 is 2.15 bits per heavy atom. The quantitative estimate of drug-likeness (QED) is 0.504. The second-order valence-electron chi connectivity index (χ2n) is 7.13. The molecule has 0 spiro atoms. The summed E-state index contributed by atoms with van der Waals surface area (Å²) in [7, 11) is 0. The van der Waals surface area contributed by atoms with Gasteiger partial charge in [0.2, 0.25) is 0 Å². The molecule has 3 aromatic rings. The Hall–Kier alpha value is -1.93. The molecule has 4 rings (SSSR count). The molecule has 0 bridgehead atoms. The topological polar surface area (TPSA) is 91.5 Å². The van der Waals surface area contributed by atoms with Crippen molar-refractivity contribution >= 4 is 33.3 Å². The van der Waals surface area contributed by atoms with Crippen LogP contribution in [0.15, 0.2) is 20.8 Å². The summed E-state index contributed by atoms with van der Waals surface area (Å²) in [5.74, 6) is 1.74. The zero-order chi connectivity index (χ0) is 19.0. The maximum Gasteiger partial charge on any atom is 0.259 e. The molecule has 0 amide bonds. The van der Waals surface area contributed by atoms with Crippen molar-refractivity contribution in [2.45, 2.75) is 56.9 Å². The summed E-state index contributed by atoms with van der Waals surface area (Å²) in [6, 6.07) is 1.54. The van der Waals surface area contributed by atoms with Crippen molar-refractivity contribution < 1.29 is 0 Å². The maximum absolute atomic E-state index is 12.6. The molecule has 0 aromatic carbocycles. The van der Waals surface area contributed by atoms with Crippen molar-refractivity contribution in [1.29, 1.82) is 0 Å². The van der Waals surface area contributed by atoms with E-state index in [0.29, 0.717) is 22.7 Å². The van der Waals surface area contributed by atoms with Gasteiger partial charge in [-0.3, -0.25) is 9.59 Å². The lowest BCUT2D eigenvalue weighted by Gasteiger charge is -2.17. The molecule has 0 aliphatic heterocycles. The highest BCUT2D eigenvalue weighted by molar-refractivity contribution is 7.98. The molecule has 1 atom stereocenters. The van der Waals surface area contributed by atoms with Crippen molar-refractivity contribution in [2.75, 3.05) is 0 Å². The zero-order valence-electron chi connectivity index (χ0n) is 15.4.